The highest BCUT2D eigenvalue weighted by Crippen LogP contribution is 2.17. The van der Waals surface area contributed by atoms with Crippen molar-refractivity contribution in [3.05, 3.63) is 69.8 Å². The Labute approximate surface area is 145 Å². The van der Waals surface area contributed by atoms with Crippen molar-refractivity contribution in [3.63, 3.8) is 0 Å². The highest BCUT2D eigenvalue weighted by atomic mass is 32.1. The first-order valence-corrected chi connectivity index (χ1v) is 7.74. The second-order valence-electron chi connectivity index (χ2n) is 5.49. The lowest BCUT2D eigenvalue weighted by Gasteiger charge is -2.11. The van der Waals surface area contributed by atoms with Crippen LogP contribution >= 0.6 is 12.2 Å². The van der Waals surface area contributed by atoms with Crippen molar-refractivity contribution in [2.45, 2.75) is 19.8 Å². The molecule has 0 bridgehead atoms. The van der Waals surface area contributed by atoms with Gasteiger partial charge >= 0.3 is 0 Å². The lowest BCUT2D eigenvalue weighted by molar-refractivity contribution is -0.384. The molecule has 2 aromatic carbocycles. The summed E-state index contributed by atoms with van der Waals surface area (Å²) in [4.78, 5) is 22.3. The van der Waals surface area contributed by atoms with Crippen LogP contribution in [0.15, 0.2) is 48.5 Å². The van der Waals surface area contributed by atoms with Crippen LogP contribution in [0.3, 0.4) is 0 Å². The van der Waals surface area contributed by atoms with Crippen LogP contribution in [0.2, 0.25) is 0 Å². The lowest BCUT2D eigenvalue weighted by Crippen LogP contribution is -2.34. The first-order chi connectivity index (χ1) is 11.4. The summed E-state index contributed by atoms with van der Waals surface area (Å²) in [6.45, 7) is 4.21. The highest BCUT2D eigenvalue weighted by Gasteiger charge is 2.12. The van der Waals surface area contributed by atoms with Gasteiger partial charge in [0.1, 0.15) is 0 Å². The van der Waals surface area contributed by atoms with Gasteiger partial charge in [-0.2, -0.15) is 0 Å². The van der Waals surface area contributed by atoms with Crippen LogP contribution in [0.1, 0.15) is 35.7 Å². The molecule has 1 amide bonds. The third-order valence-corrected chi connectivity index (χ3v) is 3.59. The lowest BCUT2D eigenvalue weighted by atomic mass is 10.0. The smallest absolute Gasteiger partial charge is 0.270 e. The minimum absolute atomic E-state index is 0.129. The standard InChI is InChI=1S/C17H17N3O3S/c1-11(2)12-6-8-14(9-7-12)18-17(24)19-16(21)13-4-3-5-15(10-13)20(22)23/h3-11H,1-2H3,(H2,18,19,21,24). The number of nitrogens with one attached hydrogen (secondary N) is 2. The zero-order valence-corrected chi connectivity index (χ0v) is 14.1. The minimum Gasteiger partial charge on any atom is -0.332 e. The Kier molecular flexibility index (Phi) is 5.59. The first kappa shape index (κ1) is 17.6. The molecule has 2 N–H and O–H groups in total. The van der Waals surface area contributed by atoms with E-state index in [9.17, 15) is 14.9 Å². The molecule has 2 aromatic rings. The Morgan fingerprint density at radius 2 is 1.83 bits per heavy atom. The molecule has 0 aliphatic heterocycles. The molecule has 0 spiro atoms. The second-order valence-corrected chi connectivity index (χ2v) is 5.90. The normalized spacial score (nSPS) is 10.3. The van der Waals surface area contributed by atoms with Crippen LogP contribution in [0.25, 0.3) is 0 Å². The molecular weight excluding hydrogens is 326 g/mol. The van der Waals surface area contributed by atoms with Gasteiger partial charge in [0.15, 0.2) is 5.11 Å². The van der Waals surface area contributed by atoms with Crippen LogP contribution in [0.4, 0.5) is 11.4 Å². The predicted molar refractivity (Wildman–Crippen MR) is 97.3 cm³/mol. The van der Waals surface area contributed by atoms with Gasteiger partial charge in [0, 0.05) is 23.4 Å². The summed E-state index contributed by atoms with van der Waals surface area (Å²) in [5.74, 6) is -0.0745. The fourth-order valence-electron chi connectivity index (χ4n) is 2.05. The fraction of sp³-hybridized carbons (Fsp3) is 0.176. The van der Waals surface area contributed by atoms with Gasteiger partial charge in [-0.1, -0.05) is 32.0 Å². The summed E-state index contributed by atoms with van der Waals surface area (Å²) < 4.78 is 0. The molecule has 0 saturated carbocycles. The molecule has 6 nitrogen and oxygen atoms in total. The van der Waals surface area contributed by atoms with E-state index in [1.54, 1.807) is 0 Å². The molecule has 2 rings (SSSR count). The number of hydrogen-bond acceptors (Lipinski definition) is 4. The quantitative estimate of drug-likeness (QED) is 0.500. The number of amides is 1. The van der Waals surface area contributed by atoms with E-state index in [2.05, 4.69) is 24.5 Å². The van der Waals surface area contributed by atoms with E-state index in [0.717, 1.165) is 5.69 Å². The van der Waals surface area contributed by atoms with E-state index in [4.69, 9.17) is 12.2 Å². The number of rotatable bonds is 4. The molecule has 24 heavy (non-hydrogen) atoms. The average Bonchev–Trinajstić information content (AvgIpc) is 2.55. The molecule has 0 atom stereocenters. The highest BCUT2D eigenvalue weighted by molar-refractivity contribution is 7.80. The SMILES string of the molecule is CC(C)c1ccc(NC(=S)NC(=O)c2cccc([N+](=O)[O-])c2)cc1. The third kappa shape index (κ3) is 4.60. The summed E-state index contributed by atoms with van der Waals surface area (Å²) in [6, 6.07) is 13.2. The maximum atomic E-state index is 12.1. The number of nitro groups is 1. The largest absolute Gasteiger partial charge is 0.332 e. The fourth-order valence-corrected chi connectivity index (χ4v) is 2.26. The number of nitrogens with zero attached hydrogens (tertiary/aromatic N) is 1. The van der Waals surface area contributed by atoms with E-state index in [1.165, 1.54) is 29.8 Å². The molecule has 0 aliphatic rings. The number of carbonyl (C=O) groups is 1. The van der Waals surface area contributed by atoms with Crippen molar-refractivity contribution < 1.29 is 9.72 Å². The Bertz CT molecular complexity index is 773. The summed E-state index contributed by atoms with van der Waals surface area (Å²) in [6.07, 6.45) is 0. The number of benzene rings is 2. The third-order valence-electron chi connectivity index (χ3n) is 3.38. The van der Waals surface area contributed by atoms with Gasteiger partial charge in [0.2, 0.25) is 0 Å². The zero-order chi connectivity index (χ0) is 17.7. The van der Waals surface area contributed by atoms with Crippen LogP contribution in [-0.2, 0) is 0 Å². The van der Waals surface area contributed by atoms with Crippen LogP contribution in [-0.4, -0.2) is 15.9 Å². The summed E-state index contributed by atoms with van der Waals surface area (Å²) in [5.41, 5.74) is 1.98. The molecule has 0 aromatic heterocycles. The molecule has 124 valence electrons. The Balaban J connectivity index is 2.00. The van der Waals surface area contributed by atoms with Crippen molar-refractivity contribution >= 4 is 34.6 Å². The number of thiocarbonyl (C=S) groups is 1. The zero-order valence-electron chi connectivity index (χ0n) is 13.3. The summed E-state index contributed by atoms with van der Waals surface area (Å²) in [5, 5.41) is 16.3. The van der Waals surface area contributed by atoms with Gasteiger partial charge in [-0.3, -0.25) is 20.2 Å². The van der Waals surface area contributed by atoms with E-state index in [0.29, 0.717) is 5.92 Å². The van der Waals surface area contributed by atoms with Gasteiger partial charge in [-0.15, -0.1) is 0 Å². The van der Waals surface area contributed by atoms with Crippen LogP contribution in [0.5, 0.6) is 0 Å². The van der Waals surface area contributed by atoms with Crippen molar-refractivity contribution in [2.75, 3.05) is 5.32 Å². The maximum absolute atomic E-state index is 12.1. The Morgan fingerprint density at radius 3 is 2.42 bits per heavy atom. The number of non-ortho nitro benzene ring substituents is 1. The molecule has 0 saturated heterocycles. The van der Waals surface area contributed by atoms with Gasteiger partial charge in [-0.25, -0.2) is 0 Å². The number of carbonyl (C=O) groups excluding carboxylic acids is 1. The summed E-state index contributed by atoms with van der Waals surface area (Å²) >= 11 is 5.10. The van der Waals surface area contributed by atoms with Crippen molar-refractivity contribution in [3.8, 4) is 0 Å². The molecule has 7 heteroatoms. The second kappa shape index (κ2) is 7.65. The van der Waals surface area contributed by atoms with Gasteiger partial charge in [-0.05, 0) is 41.9 Å². The molecule has 0 unspecified atom stereocenters. The topological polar surface area (TPSA) is 84.3 Å². The molecular formula is C17H17N3O3S. The van der Waals surface area contributed by atoms with E-state index < -0.39 is 10.8 Å². The van der Waals surface area contributed by atoms with E-state index in [-0.39, 0.29) is 16.4 Å². The number of anilines is 1. The number of hydrogen-bond donors (Lipinski definition) is 2. The Hall–Kier alpha value is -2.80. The van der Waals surface area contributed by atoms with E-state index >= 15 is 0 Å². The van der Waals surface area contributed by atoms with Gasteiger partial charge < -0.3 is 5.32 Å². The first-order valence-electron chi connectivity index (χ1n) is 7.33. The molecule has 0 heterocycles. The molecule has 0 fully saturated rings. The molecule has 0 aliphatic carbocycles. The maximum Gasteiger partial charge on any atom is 0.270 e. The summed E-state index contributed by atoms with van der Waals surface area (Å²) in [7, 11) is 0. The van der Waals surface area contributed by atoms with Gasteiger partial charge in [0.05, 0.1) is 4.92 Å². The average molecular weight is 343 g/mol. The van der Waals surface area contributed by atoms with Crippen molar-refractivity contribution in [1.82, 2.24) is 5.32 Å². The monoisotopic (exact) mass is 343 g/mol. The predicted octanol–water partition coefficient (Wildman–Crippen LogP) is 3.85. The van der Waals surface area contributed by atoms with Crippen molar-refractivity contribution in [1.29, 1.82) is 0 Å². The molecule has 0 radical (unpaired) electrons. The van der Waals surface area contributed by atoms with Gasteiger partial charge in [0.25, 0.3) is 11.6 Å². The Morgan fingerprint density at radius 1 is 1.17 bits per heavy atom. The minimum atomic E-state index is -0.552. The van der Waals surface area contributed by atoms with Crippen LogP contribution in [0, 0.1) is 10.1 Å². The number of nitro benzene ring substituents is 1. The van der Waals surface area contributed by atoms with E-state index in [1.807, 2.05) is 24.3 Å². The van der Waals surface area contributed by atoms with Crippen molar-refractivity contribution in [2.24, 2.45) is 0 Å². The van der Waals surface area contributed by atoms with Crippen LogP contribution < -0.4 is 10.6 Å².